The number of hydrogen-bond donors (Lipinski definition) is 8. The van der Waals surface area contributed by atoms with Crippen LogP contribution in [0.2, 0.25) is 0 Å². The van der Waals surface area contributed by atoms with Gasteiger partial charge in [-0.2, -0.15) is 11.8 Å². The molecule has 5 aliphatic rings. The second-order valence-electron chi connectivity index (χ2n) is 22.3. The number of allylic oxidation sites excluding steroid dienone is 1. The van der Waals surface area contributed by atoms with Crippen LogP contribution in [-0.2, 0) is 47.1 Å². The minimum Gasteiger partial charge on any atom is -0.480 e. The third kappa shape index (κ3) is 14.8. The average molecular weight is 1060 g/mol. The van der Waals surface area contributed by atoms with E-state index in [2.05, 4.69) is 51.3 Å². The second-order valence-corrected chi connectivity index (χ2v) is 24.6. The standard InChI is InChI=1S/C51H88N5O14PS/c1-8-10-42(59)56(49-44(53)46(67-29-43(60)61)45(62)40(28-57)69-49)39(21-26-72-7)48(64)55-38(17-18-41(52)58)47(63)54-24-25-68-71(65,66)70-33-19-22-50(5)32(27-33)13-14-34-36-16-15-35(31(4)12-9-11-30(2)3)51(36,6)23-20-37(34)50/h13,30-31,33-40,44-46,49,57,62H,8-12,14-29,53H2,1-7H3,(H2,52,58)(H,54,63)(H,55,64)(H,60,61)(H,65,66)/t31-,33+,34+,35-,36+,37+,38-,39+,40-,44-,45-,46-,49?,50+,51-/m1/s1. The van der Waals surface area contributed by atoms with Gasteiger partial charge in [0.05, 0.1) is 25.4 Å². The molecule has 1 aliphatic heterocycles. The Morgan fingerprint density at radius 2 is 1.75 bits per heavy atom. The van der Waals surface area contributed by atoms with Crippen molar-refractivity contribution in [2.75, 3.05) is 38.4 Å². The fourth-order valence-electron chi connectivity index (χ4n) is 13.4. The Morgan fingerprint density at radius 1 is 1.01 bits per heavy atom. The zero-order valence-electron chi connectivity index (χ0n) is 43.8. The molecule has 0 bridgehead atoms. The van der Waals surface area contributed by atoms with Crippen molar-refractivity contribution in [2.45, 2.75) is 193 Å². The maximum absolute atomic E-state index is 14.4. The lowest BCUT2D eigenvalue weighted by atomic mass is 9.47. The van der Waals surface area contributed by atoms with Crippen molar-refractivity contribution in [1.29, 1.82) is 0 Å². The molecule has 4 fully saturated rings. The van der Waals surface area contributed by atoms with Gasteiger partial charge in [-0.1, -0.05) is 72.5 Å². The van der Waals surface area contributed by atoms with Crippen molar-refractivity contribution in [2.24, 2.45) is 57.8 Å². The van der Waals surface area contributed by atoms with E-state index < -0.39 is 106 Å². The summed E-state index contributed by atoms with van der Waals surface area (Å²) in [6, 6.07) is -4.13. The van der Waals surface area contributed by atoms with Crippen molar-refractivity contribution in [3.8, 4) is 0 Å². The molecule has 16 atom stereocenters. The number of phosphoric acid groups is 1. The number of rotatable bonds is 28. The van der Waals surface area contributed by atoms with Gasteiger partial charge >= 0.3 is 13.8 Å². The van der Waals surface area contributed by atoms with Crippen molar-refractivity contribution < 1.29 is 67.3 Å². The molecule has 21 heteroatoms. The number of aliphatic hydroxyl groups excluding tert-OH is 2. The van der Waals surface area contributed by atoms with Crippen molar-refractivity contribution in [1.82, 2.24) is 15.5 Å². The van der Waals surface area contributed by atoms with E-state index in [9.17, 15) is 48.8 Å². The molecule has 4 aliphatic carbocycles. The number of phosphoric ester groups is 1. The molecule has 72 heavy (non-hydrogen) atoms. The molecule has 0 aromatic rings. The molecular weight excluding hydrogens is 970 g/mol. The molecule has 0 aromatic heterocycles. The molecule has 3 saturated carbocycles. The number of primary amides is 1. The van der Waals surface area contributed by atoms with Crippen LogP contribution in [0.3, 0.4) is 0 Å². The Kier molecular flexibility index (Phi) is 22.5. The summed E-state index contributed by atoms with van der Waals surface area (Å²) in [6.45, 7) is 11.5. The van der Waals surface area contributed by atoms with Gasteiger partial charge in [-0.15, -0.1) is 0 Å². The third-order valence-corrected chi connectivity index (χ3v) is 18.8. The van der Waals surface area contributed by atoms with Gasteiger partial charge < -0.3 is 56.7 Å². The second kappa shape index (κ2) is 26.9. The summed E-state index contributed by atoms with van der Waals surface area (Å²) in [6.07, 6.45) is 9.56. The van der Waals surface area contributed by atoms with Crippen molar-refractivity contribution >= 4 is 49.2 Å². The summed E-state index contributed by atoms with van der Waals surface area (Å²) in [5.41, 5.74) is 13.6. The van der Waals surface area contributed by atoms with Crippen LogP contribution >= 0.6 is 19.6 Å². The zero-order chi connectivity index (χ0) is 53.1. The highest BCUT2D eigenvalue weighted by Crippen LogP contribution is 2.68. The average Bonchev–Trinajstić information content (AvgIpc) is 3.68. The quantitative estimate of drug-likeness (QED) is 0.0290. The Bertz CT molecular complexity index is 1930. The van der Waals surface area contributed by atoms with E-state index in [1.165, 1.54) is 62.3 Å². The summed E-state index contributed by atoms with van der Waals surface area (Å²) in [5.74, 6) is 0.229. The fourth-order valence-corrected chi connectivity index (χ4v) is 14.8. The lowest BCUT2D eigenvalue weighted by molar-refractivity contribution is -0.240. The molecule has 0 radical (unpaired) electrons. The van der Waals surface area contributed by atoms with Crippen molar-refractivity contribution in [3.63, 3.8) is 0 Å². The number of carboxylic acids is 1. The molecular formula is C51H88N5O14PS. The molecule has 0 aromatic carbocycles. The largest absolute Gasteiger partial charge is 0.480 e. The first kappa shape index (κ1) is 60.2. The maximum Gasteiger partial charge on any atom is 0.472 e. The van der Waals surface area contributed by atoms with Gasteiger partial charge in [0.15, 0.2) is 6.23 Å². The van der Waals surface area contributed by atoms with Crippen LogP contribution in [0, 0.1) is 46.3 Å². The zero-order valence-corrected chi connectivity index (χ0v) is 45.5. The number of carbonyl (C=O) groups is 5. The molecule has 1 saturated heterocycles. The van der Waals surface area contributed by atoms with E-state index in [1.54, 1.807) is 13.2 Å². The number of nitrogens with zero attached hydrogens (tertiary/aromatic N) is 1. The van der Waals surface area contributed by atoms with E-state index in [0.717, 1.165) is 35.5 Å². The number of ether oxygens (including phenoxy) is 2. The number of fused-ring (bicyclic) bond motifs is 5. The molecule has 2 unspecified atom stereocenters. The highest BCUT2D eigenvalue weighted by molar-refractivity contribution is 7.98. The van der Waals surface area contributed by atoms with Gasteiger partial charge in [-0.3, -0.25) is 28.2 Å². The smallest absolute Gasteiger partial charge is 0.472 e. The van der Waals surface area contributed by atoms with Crippen LogP contribution in [-0.4, -0.2) is 142 Å². The number of thioether (sulfide) groups is 1. The Labute approximate surface area is 431 Å². The van der Waals surface area contributed by atoms with Crippen LogP contribution in [0.5, 0.6) is 0 Å². The monoisotopic (exact) mass is 1060 g/mol. The first-order valence-corrected chi connectivity index (χ1v) is 29.5. The van der Waals surface area contributed by atoms with E-state index in [4.69, 9.17) is 30.0 Å². The number of nitrogens with one attached hydrogen (secondary N) is 2. The number of carboxylic acid groups (broad SMARTS) is 1. The fraction of sp³-hybridized carbons (Fsp3) is 0.863. The van der Waals surface area contributed by atoms with E-state index >= 15 is 0 Å². The SMILES string of the molecule is CCCC(=O)N(C1O[C@H](CO)[C@@H](O)[C@H](OCC(=O)O)[C@H]1N)[C@@H](CCSC)C(=O)N[C@H](CCC(N)=O)C(=O)NCCOP(=O)(O)O[C@H]1CC[C@@]2(C)C(=CC[C@H]3[C@@H]4CC[C@H]([C@H](C)CCCC(C)C)[C@@]4(C)CC[C@@H]32)C1. The molecule has 412 valence electrons. The Morgan fingerprint density at radius 3 is 2.40 bits per heavy atom. The Hall–Kier alpha value is -2.65. The van der Waals surface area contributed by atoms with Gasteiger partial charge in [-0.05, 0) is 129 Å². The number of carbonyl (C=O) groups excluding carboxylic acids is 4. The van der Waals surface area contributed by atoms with E-state index in [-0.39, 0.29) is 37.6 Å². The summed E-state index contributed by atoms with van der Waals surface area (Å²) in [5, 5.41) is 35.5. The summed E-state index contributed by atoms with van der Waals surface area (Å²) in [7, 11) is -4.58. The van der Waals surface area contributed by atoms with Gasteiger partial charge in [-0.25, -0.2) is 9.36 Å². The number of amides is 4. The van der Waals surface area contributed by atoms with Gasteiger partial charge in [0.1, 0.15) is 37.0 Å². The summed E-state index contributed by atoms with van der Waals surface area (Å²) >= 11 is 1.36. The maximum atomic E-state index is 14.4. The predicted molar refractivity (Wildman–Crippen MR) is 273 cm³/mol. The van der Waals surface area contributed by atoms with Crippen LogP contribution in [0.4, 0.5) is 0 Å². The highest BCUT2D eigenvalue weighted by Gasteiger charge is 2.59. The predicted octanol–water partition coefficient (Wildman–Crippen LogP) is 5.02. The minimum atomic E-state index is -4.58. The van der Waals surface area contributed by atoms with Crippen LogP contribution in [0.25, 0.3) is 0 Å². The lowest BCUT2D eigenvalue weighted by Gasteiger charge is -2.58. The normalized spacial score (nSPS) is 33.2. The van der Waals surface area contributed by atoms with Crippen LogP contribution in [0.1, 0.15) is 144 Å². The lowest BCUT2D eigenvalue weighted by Crippen LogP contribution is -2.70. The first-order chi connectivity index (χ1) is 34.0. The number of hydrogen-bond acceptors (Lipinski definition) is 14. The van der Waals surface area contributed by atoms with Crippen molar-refractivity contribution in [3.05, 3.63) is 11.6 Å². The molecule has 19 nitrogen and oxygen atoms in total. The first-order valence-electron chi connectivity index (χ1n) is 26.6. The topological polar surface area (TPSA) is 300 Å². The number of aliphatic carboxylic acids is 1. The molecule has 5 rings (SSSR count). The molecule has 1 heterocycles. The van der Waals surface area contributed by atoms with Gasteiger partial charge in [0.2, 0.25) is 23.6 Å². The molecule has 4 amide bonds. The molecule has 10 N–H and O–H groups in total. The Balaban J connectivity index is 1.19. The minimum absolute atomic E-state index is 0.0127. The van der Waals surface area contributed by atoms with Gasteiger partial charge in [0, 0.05) is 19.4 Å². The third-order valence-electron chi connectivity index (χ3n) is 17.1. The van der Waals surface area contributed by atoms with E-state index in [0.29, 0.717) is 48.2 Å². The van der Waals surface area contributed by atoms with E-state index in [1.807, 2.05) is 0 Å². The highest BCUT2D eigenvalue weighted by atomic mass is 32.2. The number of nitrogens with two attached hydrogens (primary N) is 2. The molecule has 0 spiro atoms. The van der Waals surface area contributed by atoms with Crippen LogP contribution < -0.4 is 22.1 Å². The van der Waals surface area contributed by atoms with Crippen LogP contribution in [0.15, 0.2) is 11.6 Å². The summed E-state index contributed by atoms with van der Waals surface area (Å²) < 4.78 is 35.9. The summed E-state index contributed by atoms with van der Waals surface area (Å²) in [4.78, 5) is 77.3. The number of aliphatic hydroxyl groups is 2. The van der Waals surface area contributed by atoms with Gasteiger partial charge in [0.25, 0.3) is 0 Å².